The van der Waals surface area contributed by atoms with Crippen LogP contribution in [0.2, 0.25) is 0 Å². The number of methoxy groups -OCH3 is 1. The molecule has 0 aliphatic rings. The van der Waals surface area contributed by atoms with Gasteiger partial charge in [-0.15, -0.1) is 0 Å². The zero-order chi connectivity index (χ0) is 14.8. The van der Waals surface area contributed by atoms with E-state index in [1.165, 1.54) is 0 Å². The van der Waals surface area contributed by atoms with Gasteiger partial charge in [0.2, 0.25) is 0 Å². The molecule has 0 saturated carbocycles. The molecule has 1 N–H and O–H groups in total. The molecule has 0 aromatic carbocycles. The van der Waals surface area contributed by atoms with E-state index in [2.05, 4.69) is 9.72 Å². The molecule has 0 saturated heterocycles. The van der Waals surface area contributed by atoms with E-state index >= 15 is 0 Å². The van der Waals surface area contributed by atoms with Gasteiger partial charge < -0.3 is 9.84 Å². The van der Waals surface area contributed by atoms with Crippen molar-refractivity contribution in [3.05, 3.63) is 23.0 Å². The number of nitrogens with zero attached hydrogens (tertiary/aromatic N) is 1. The molecule has 0 radical (unpaired) electrons. The normalized spacial score (nSPS) is 11.7. The first-order valence-electron chi connectivity index (χ1n) is 4.81. The van der Waals surface area contributed by atoms with Crippen molar-refractivity contribution in [2.75, 3.05) is 7.11 Å². The Morgan fingerprint density at radius 3 is 2.42 bits per heavy atom. The summed E-state index contributed by atoms with van der Waals surface area (Å²) in [4.78, 5) is 13.3. The van der Waals surface area contributed by atoms with Crippen LogP contribution in [0.3, 0.4) is 0 Å². The molecule has 4 nitrogen and oxygen atoms in total. The van der Waals surface area contributed by atoms with Gasteiger partial charge in [-0.2, -0.15) is 13.2 Å². The number of aliphatic carboxylic acids is 1. The standard InChI is InChI=1S/C10H8F5NO3/c1-19-5-2-4(3-6(17)18)8(10(13,14)15)16-7(5)9(11)12/h2,9H,3H2,1H3,(H,17,18). The highest BCUT2D eigenvalue weighted by Gasteiger charge is 2.38. The second-order valence-electron chi connectivity index (χ2n) is 3.45. The summed E-state index contributed by atoms with van der Waals surface area (Å²) < 4.78 is 67.5. The van der Waals surface area contributed by atoms with Crippen LogP contribution in [-0.2, 0) is 17.4 Å². The lowest BCUT2D eigenvalue weighted by atomic mass is 10.1. The minimum Gasteiger partial charge on any atom is -0.495 e. The molecule has 1 rings (SSSR count). The number of rotatable bonds is 4. The van der Waals surface area contributed by atoms with Gasteiger partial charge in [-0.05, 0) is 11.6 Å². The smallest absolute Gasteiger partial charge is 0.433 e. The molecule has 0 spiro atoms. The number of pyridine rings is 1. The third-order valence-corrected chi connectivity index (χ3v) is 2.13. The third-order valence-electron chi connectivity index (χ3n) is 2.13. The van der Waals surface area contributed by atoms with Crippen LogP contribution in [0.15, 0.2) is 6.07 Å². The van der Waals surface area contributed by atoms with Gasteiger partial charge in [-0.3, -0.25) is 4.79 Å². The molecule has 1 heterocycles. The van der Waals surface area contributed by atoms with E-state index in [0.29, 0.717) is 6.07 Å². The van der Waals surface area contributed by atoms with Crippen LogP contribution >= 0.6 is 0 Å². The molecule has 106 valence electrons. The van der Waals surface area contributed by atoms with Crippen LogP contribution in [0, 0.1) is 0 Å². The third kappa shape index (κ3) is 3.52. The summed E-state index contributed by atoms with van der Waals surface area (Å²) in [5.41, 5.74) is -3.56. The number of ether oxygens (including phenoxy) is 1. The van der Waals surface area contributed by atoms with Gasteiger partial charge in [0.05, 0.1) is 13.5 Å². The van der Waals surface area contributed by atoms with Gasteiger partial charge >= 0.3 is 12.1 Å². The summed E-state index contributed by atoms with van der Waals surface area (Å²) in [6.45, 7) is 0. The van der Waals surface area contributed by atoms with Crippen molar-refractivity contribution in [1.82, 2.24) is 4.98 Å². The van der Waals surface area contributed by atoms with E-state index in [1.54, 1.807) is 0 Å². The highest BCUT2D eigenvalue weighted by atomic mass is 19.4. The zero-order valence-corrected chi connectivity index (χ0v) is 9.46. The lowest BCUT2D eigenvalue weighted by Gasteiger charge is -2.15. The van der Waals surface area contributed by atoms with E-state index in [9.17, 15) is 26.7 Å². The maximum absolute atomic E-state index is 12.6. The summed E-state index contributed by atoms with van der Waals surface area (Å²) >= 11 is 0. The Labute approximate surface area is 103 Å². The Kier molecular flexibility index (Phi) is 4.28. The minimum atomic E-state index is -5.03. The predicted octanol–water partition coefficient (Wildman–Crippen LogP) is 2.67. The maximum atomic E-state index is 12.6. The molecule has 0 unspecified atom stereocenters. The van der Waals surface area contributed by atoms with E-state index in [4.69, 9.17) is 5.11 Å². The number of hydrogen-bond donors (Lipinski definition) is 1. The number of carbonyl (C=O) groups is 1. The number of halogens is 5. The van der Waals surface area contributed by atoms with E-state index < -0.39 is 47.7 Å². The van der Waals surface area contributed by atoms with Crippen molar-refractivity contribution in [3.8, 4) is 5.75 Å². The van der Waals surface area contributed by atoms with Gasteiger partial charge in [0, 0.05) is 0 Å². The monoisotopic (exact) mass is 285 g/mol. The summed E-state index contributed by atoms with van der Waals surface area (Å²) in [6, 6.07) is 0.617. The van der Waals surface area contributed by atoms with Crippen molar-refractivity contribution in [3.63, 3.8) is 0 Å². The quantitative estimate of drug-likeness (QED) is 0.864. The number of aromatic nitrogens is 1. The van der Waals surface area contributed by atoms with E-state index in [0.717, 1.165) is 7.11 Å². The Bertz CT molecular complexity index is 487. The Balaban J connectivity index is 3.48. The average Bonchev–Trinajstić information content (AvgIpc) is 2.25. The van der Waals surface area contributed by atoms with Crippen molar-refractivity contribution in [2.45, 2.75) is 19.0 Å². The van der Waals surface area contributed by atoms with Crippen LogP contribution in [0.5, 0.6) is 5.75 Å². The van der Waals surface area contributed by atoms with Gasteiger partial charge in [-0.25, -0.2) is 13.8 Å². The first kappa shape index (κ1) is 15.1. The first-order chi connectivity index (χ1) is 8.66. The highest BCUT2D eigenvalue weighted by molar-refractivity contribution is 5.71. The van der Waals surface area contributed by atoms with Crippen molar-refractivity contribution < 1.29 is 36.6 Å². The van der Waals surface area contributed by atoms with Crippen molar-refractivity contribution >= 4 is 5.97 Å². The van der Waals surface area contributed by atoms with Gasteiger partial charge in [0.25, 0.3) is 6.43 Å². The summed E-state index contributed by atoms with van der Waals surface area (Å²) in [7, 11) is 0.973. The summed E-state index contributed by atoms with van der Waals surface area (Å²) in [5.74, 6) is -2.13. The molecule has 9 heteroatoms. The van der Waals surface area contributed by atoms with Crippen LogP contribution in [0.25, 0.3) is 0 Å². The van der Waals surface area contributed by atoms with E-state index in [-0.39, 0.29) is 0 Å². The number of carboxylic acids is 1. The fraction of sp³-hybridized carbons (Fsp3) is 0.400. The summed E-state index contributed by atoms with van der Waals surface area (Å²) in [5, 5.41) is 8.52. The maximum Gasteiger partial charge on any atom is 0.433 e. The molecular weight excluding hydrogens is 277 g/mol. The average molecular weight is 285 g/mol. The van der Waals surface area contributed by atoms with E-state index in [1.807, 2.05) is 0 Å². The fourth-order valence-corrected chi connectivity index (χ4v) is 1.41. The second-order valence-corrected chi connectivity index (χ2v) is 3.45. The molecule has 0 atom stereocenters. The Morgan fingerprint density at radius 1 is 1.47 bits per heavy atom. The zero-order valence-electron chi connectivity index (χ0n) is 9.46. The van der Waals surface area contributed by atoms with Crippen molar-refractivity contribution in [2.24, 2.45) is 0 Å². The molecule has 0 bridgehead atoms. The summed E-state index contributed by atoms with van der Waals surface area (Å²) in [6.07, 6.45) is -9.29. The largest absolute Gasteiger partial charge is 0.495 e. The number of carboxylic acid groups (broad SMARTS) is 1. The first-order valence-corrected chi connectivity index (χ1v) is 4.81. The van der Waals surface area contributed by atoms with Crippen LogP contribution in [0.4, 0.5) is 22.0 Å². The molecule has 0 fully saturated rings. The van der Waals surface area contributed by atoms with Gasteiger partial charge in [0.15, 0.2) is 0 Å². The van der Waals surface area contributed by atoms with Crippen molar-refractivity contribution in [1.29, 1.82) is 0 Å². The topological polar surface area (TPSA) is 59.4 Å². The molecule has 0 aliphatic carbocycles. The highest BCUT2D eigenvalue weighted by Crippen LogP contribution is 2.36. The number of alkyl halides is 5. The molecule has 1 aromatic heterocycles. The molecular formula is C10H8F5NO3. The lowest BCUT2D eigenvalue weighted by molar-refractivity contribution is -0.143. The van der Waals surface area contributed by atoms with Crippen LogP contribution in [-0.4, -0.2) is 23.2 Å². The minimum absolute atomic E-state index is 0.584. The SMILES string of the molecule is COc1cc(CC(=O)O)c(C(F)(F)F)nc1C(F)F. The van der Waals surface area contributed by atoms with Gasteiger partial charge in [-0.1, -0.05) is 0 Å². The van der Waals surface area contributed by atoms with Crippen LogP contribution < -0.4 is 4.74 Å². The molecule has 19 heavy (non-hydrogen) atoms. The molecule has 0 amide bonds. The predicted molar refractivity (Wildman–Crippen MR) is 52.1 cm³/mol. The second kappa shape index (κ2) is 5.37. The molecule has 1 aromatic rings. The van der Waals surface area contributed by atoms with Gasteiger partial charge in [0.1, 0.15) is 17.1 Å². The Hall–Kier alpha value is -1.93. The van der Waals surface area contributed by atoms with Crippen LogP contribution in [0.1, 0.15) is 23.4 Å². The lowest BCUT2D eigenvalue weighted by Crippen LogP contribution is -2.16. The fourth-order valence-electron chi connectivity index (χ4n) is 1.41. The number of hydrogen-bond acceptors (Lipinski definition) is 3. The Morgan fingerprint density at radius 2 is 2.05 bits per heavy atom. The molecule has 0 aliphatic heterocycles.